The van der Waals surface area contributed by atoms with Crippen LogP contribution in [0.2, 0.25) is 0 Å². The van der Waals surface area contributed by atoms with Gasteiger partial charge in [0.15, 0.2) is 5.65 Å². The van der Waals surface area contributed by atoms with Crippen LogP contribution in [0, 0.1) is 0 Å². The Morgan fingerprint density at radius 2 is 2.00 bits per heavy atom. The average molecular weight is 281 g/mol. The molecule has 0 atom stereocenters. The summed E-state index contributed by atoms with van der Waals surface area (Å²) in [5, 5.41) is 11.1. The molecule has 0 aromatic carbocycles. The number of hydrogen-bond acceptors (Lipinski definition) is 4. The maximum atomic E-state index is 11.8. The summed E-state index contributed by atoms with van der Waals surface area (Å²) in [6, 6.07) is 9.19. The van der Waals surface area contributed by atoms with E-state index in [1.165, 1.54) is 0 Å². The third kappa shape index (κ3) is 3.05. The van der Waals surface area contributed by atoms with Gasteiger partial charge in [0.25, 0.3) is 5.91 Å². The lowest BCUT2D eigenvalue weighted by Gasteiger charge is -2.04. The molecule has 3 heterocycles. The van der Waals surface area contributed by atoms with E-state index in [-0.39, 0.29) is 5.91 Å². The van der Waals surface area contributed by atoms with Gasteiger partial charge in [-0.2, -0.15) is 0 Å². The van der Waals surface area contributed by atoms with Gasteiger partial charge in [-0.25, -0.2) is 0 Å². The molecule has 0 spiro atoms. The zero-order valence-corrected chi connectivity index (χ0v) is 11.4. The van der Waals surface area contributed by atoms with Crippen molar-refractivity contribution in [1.29, 1.82) is 0 Å². The predicted molar refractivity (Wildman–Crippen MR) is 77.9 cm³/mol. The van der Waals surface area contributed by atoms with Crippen LogP contribution in [0.15, 0.2) is 48.9 Å². The summed E-state index contributed by atoms with van der Waals surface area (Å²) in [7, 11) is 0. The molecule has 1 N–H and O–H groups in total. The molecule has 0 aliphatic rings. The second-order valence-electron chi connectivity index (χ2n) is 4.64. The lowest BCUT2D eigenvalue weighted by molar-refractivity contribution is 0.0953. The van der Waals surface area contributed by atoms with E-state index in [9.17, 15) is 4.79 Å². The summed E-state index contributed by atoms with van der Waals surface area (Å²) in [6.45, 7) is 0.600. The normalized spacial score (nSPS) is 10.7. The van der Waals surface area contributed by atoms with Gasteiger partial charge in [-0.3, -0.25) is 14.2 Å². The van der Waals surface area contributed by atoms with E-state index in [1.54, 1.807) is 24.5 Å². The number of amides is 1. The largest absolute Gasteiger partial charge is 0.352 e. The zero-order valence-electron chi connectivity index (χ0n) is 11.4. The van der Waals surface area contributed by atoms with Crippen molar-refractivity contribution < 1.29 is 4.79 Å². The Kier molecular flexibility index (Phi) is 3.86. The predicted octanol–water partition coefficient (Wildman–Crippen LogP) is 1.49. The summed E-state index contributed by atoms with van der Waals surface area (Å²) < 4.78 is 1.96. The maximum Gasteiger partial charge on any atom is 0.251 e. The summed E-state index contributed by atoms with van der Waals surface area (Å²) in [4.78, 5) is 15.7. The highest BCUT2D eigenvalue weighted by molar-refractivity contribution is 5.93. The summed E-state index contributed by atoms with van der Waals surface area (Å²) >= 11 is 0. The fourth-order valence-corrected chi connectivity index (χ4v) is 2.12. The third-order valence-electron chi connectivity index (χ3n) is 3.19. The fraction of sp³-hybridized carbons (Fsp3) is 0.200. The van der Waals surface area contributed by atoms with Crippen molar-refractivity contribution in [3.8, 4) is 0 Å². The van der Waals surface area contributed by atoms with Gasteiger partial charge < -0.3 is 5.32 Å². The molecule has 3 aromatic heterocycles. The SMILES string of the molecule is O=C(NCCCc1nnc2ccccn12)c1ccncc1. The highest BCUT2D eigenvalue weighted by Gasteiger charge is 2.06. The number of nitrogens with zero attached hydrogens (tertiary/aromatic N) is 4. The molecule has 3 rings (SSSR count). The van der Waals surface area contributed by atoms with Gasteiger partial charge in [0.05, 0.1) is 0 Å². The molecule has 3 aromatic rings. The zero-order chi connectivity index (χ0) is 14.5. The molecule has 0 fully saturated rings. The van der Waals surface area contributed by atoms with Crippen LogP contribution >= 0.6 is 0 Å². The van der Waals surface area contributed by atoms with E-state index >= 15 is 0 Å². The highest BCUT2D eigenvalue weighted by Crippen LogP contribution is 2.04. The minimum atomic E-state index is -0.0801. The van der Waals surface area contributed by atoms with Crippen LogP contribution in [0.1, 0.15) is 22.6 Å². The van der Waals surface area contributed by atoms with E-state index in [2.05, 4.69) is 20.5 Å². The van der Waals surface area contributed by atoms with E-state index in [0.717, 1.165) is 24.3 Å². The number of rotatable bonds is 5. The third-order valence-corrected chi connectivity index (χ3v) is 3.19. The number of aryl methyl sites for hydroxylation is 1. The number of carbonyl (C=O) groups is 1. The van der Waals surface area contributed by atoms with Gasteiger partial charge in [-0.15, -0.1) is 10.2 Å². The summed E-state index contributed by atoms with van der Waals surface area (Å²) in [5.74, 6) is 0.826. The second-order valence-corrected chi connectivity index (χ2v) is 4.64. The Morgan fingerprint density at radius 3 is 2.86 bits per heavy atom. The molecule has 21 heavy (non-hydrogen) atoms. The molecular weight excluding hydrogens is 266 g/mol. The molecule has 1 amide bonds. The van der Waals surface area contributed by atoms with Crippen LogP contribution in [-0.2, 0) is 6.42 Å². The Labute approximate surface area is 121 Å². The van der Waals surface area contributed by atoms with Crippen LogP contribution < -0.4 is 5.32 Å². The van der Waals surface area contributed by atoms with Crippen LogP contribution in [0.3, 0.4) is 0 Å². The number of nitrogens with one attached hydrogen (secondary N) is 1. The van der Waals surface area contributed by atoms with Crippen molar-refractivity contribution in [3.05, 3.63) is 60.3 Å². The number of hydrogen-bond donors (Lipinski definition) is 1. The molecule has 6 heteroatoms. The quantitative estimate of drug-likeness (QED) is 0.719. The first-order valence-electron chi connectivity index (χ1n) is 6.81. The maximum absolute atomic E-state index is 11.8. The fourth-order valence-electron chi connectivity index (χ4n) is 2.12. The summed E-state index contributed by atoms with van der Waals surface area (Å²) in [6.07, 6.45) is 6.74. The van der Waals surface area contributed by atoms with Crippen LogP contribution in [0.25, 0.3) is 5.65 Å². The molecule has 106 valence electrons. The molecule has 0 radical (unpaired) electrons. The van der Waals surface area contributed by atoms with Gasteiger partial charge in [-0.1, -0.05) is 6.07 Å². The molecule has 0 saturated carbocycles. The lowest BCUT2D eigenvalue weighted by atomic mass is 10.2. The van der Waals surface area contributed by atoms with E-state index < -0.39 is 0 Å². The minimum absolute atomic E-state index is 0.0801. The Bertz CT molecular complexity index is 738. The second kappa shape index (κ2) is 6.13. The van der Waals surface area contributed by atoms with Gasteiger partial charge in [0, 0.05) is 37.1 Å². The molecule has 0 aliphatic heterocycles. The monoisotopic (exact) mass is 281 g/mol. The van der Waals surface area contributed by atoms with Crippen LogP contribution in [-0.4, -0.2) is 32.0 Å². The van der Waals surface area contributed by atoms with Crippen molar-refractivity contribution >= 4 is 11.6 Å². The Morgan fingerprint density at radius 1 is 1.14 bits per heavy atom. The van der Waals surface area contributed by atoms with Crippen molar-refractivity contribution in [3.63, 3.8) is 0 Å². The smallest absolute Gasteiger partial charge is 0.251 e. The summed E-state index contributed by atoms with van der Waals surface area (Å²) in [5.41, 5.74) is 1.46. The van der Waals surface area contributed by atoms with E-state index in [1.807, 2.05) is 28.8 Å². The Balaban J connectivity index is 1.52. The van der Waals surface area contributed by atoms with Crippen molar-refractivity contribution in [2.75, 3.05) is 6.54 Å². The van der Waals surface area contributed by atoms with Crippen molar-refractivity contribution in [2.45, 2.75) is 12.8 Å². The average Bonchev–Trinajstić information content (AvgIpc) is 2.95. The minimum Gasteiger partial charge on any atom is -0.352 e. The number of aromatic nitrogens is 4. The van der Waals surface area contributed by atoms with Crippen molar-refractivity contribution in [2.24, 2.45) is 0 Å². The lowest BCUT2D eigenvalue weighted by Crippen LogP contribution is -2.24. The number of fused-ring (bicyclic) bond motifs is 1. The van der Waals surface area contributed by atoms with Crippen LogP contribution in [0.5, 0.6) is 0 Å². The molecule has 0 saturated heterocycles. The first kappa shape index (κ1) is 13.2. The Hall–Kier alpha value is -2.76. The van der Waals surface area contributed by atoms with Gasteiger partial charge >= 0.3 is 0 Å². The van der Waals surface area contributed by atoms with E-state index in [4.69, 9.17) is 0 Å². The molecule has 0 unspecified atom stereocenters. The van der Waals surface area contributed by atoms with Crippen LogP contribution in [0.4, 0.5) is 0 Å². The van der Waals surface area contributed by atoms with Gasteiger partial charge in [0.2, 0.25) is 0 Å². The molecule has 0 aliphatic carbocycles. The van der Waals surface area contributed by atoms with Crippen molar-refractivity contribution in [1.82, 2.24) is 24.9 Å². The first-order chi connectivity index (χ1) is 10.3. The molecular formula is C15H15N5O. The first-order valence-corrected chi connectivity index (χ1v) is 6.81. The molecule has 6 nitrogen and oxygen atoms in total. The topological polar surface area (TPSA) is 72.2 Å². The van der Waals surface area contributed by atoms with E-state index in [0.29, 0.717) is 12.1 Å². The number of pyridine rings is 2. The molecule has 0 bridgehead atoms. The highest BCUT2D eigenvalue weighted by atomic mass is 16.1. The van der Waals surface area contributed by atoms with Gasteiger partial charge in [-0.05, 0) is 30.7 Å². The number of carbonyl (C=O) groups excluding carboxylic acids is 1. The van der Waals surface area contributed by atoms with Gasteiger partial charge in [0.1, 0.15) is 5.82 Å². The standard InChI is InChI=1S/C15H15N5O/c21-15(12-6-9-16-10-7-12)17-8-3-5-14-19-18-13-4-1-2-11-20(13)14/h1-2,4,6-7,9-11H,3,5,8H2,(H,17,21).